The highest BCUT2D eigenvalue weighted by molar-refractivity contribution is 9.10. The summed E-state index contributed by atoms with van der Waals surface area (Å²) < 4.78 is 1.98. The van der Waals surface area contributed by atoms with E-state index in [4.69, 9.17) is 11.1 Å². The third-order valence-electron chi connectivity index (χ3n) is 2.41. The lowest BCUT2D eigenvalue weighted by atomic mass is 10.2. The van der Waals surface area contributed by atoms with Gasteiger partial charge in [0, 0.05) is 20.3 Å². The van der Waals surface area contributed by atoms with Gasteiger partial charge in [-0.25, -0.2) is 0 Å². The average Bonchev–Trinajstić information content (AvgIpc) is 2.34. The van der Waals surface area contributed by atoms with Crippen LogP contribution in [0.4, 0.5) is 11.4 Å². The van der Waals surface area contributed by atoms with Crippen molar-refractivity contribution >= 4 is 49.2 Å². The third kappa shape index (κ3) is 2.91. The van der Waals surface area contributed by atoms with Crippen LogP contribution in [0.1, 0.15) is 0 Å². The zero-order valence-electron chi connectivity index (χ0n) is 9.40. The molecular weight excluding hydrogens is 358 g/mol. The average molecular weight is 369 g/mol. The van der Waals surface area contributed by atoms with Crippen LogP contribution in [0.2, 0.25) is 0 Å². The second-order valence-electron chi connectivity index (χ2n) is 3.67. The lowest BCUT2D eigenvalue weighted by Gasteiger charge is -2.23. The predicted octanol–water partition coefficient (Wildman–Crippen LogP) is 4.24. The maximum atomic E-state index is 7.71. The number of hydrogen-bond acceptors (Lipinski definition) is 1. The summed E-state index contributed by atoms with van der Waals surface area (Å²) in [6.45, 7) is 0. The molecule has 0 unspecified atom stereocenters. The quantitative estimate of drug-likeness (QED) is 0.615. The smallest absolute Gasteiger partial charge is 0.197 e. The molecule has 0 fully saturated rings. The van der Waals surface area contributed by atoms with E-state index in [1.807, 2.05) is 48.5 Å². The molecule has 0 radical (unpaired) electrons. The van der Waals surface area contributed by atoms with Gasteiger partial charge in [-0.1, -0.05) is 31.9 Å². The summed E-state index contributed by atoms with van der Waals surface area (Å²) in [6.07, 6.45) is 0. The van der Waals surface area contributed by atoms with E-state index in [-0.39, 0.29) is 5.96 Å². The lowest BCUT2D eigenvalue weighted by molar-refractivity contribution is 1.25. The molecule has 2 aromatic rings. The van der Waals surface area contributed by atoms with Gasteiger partial charge < -0.3 is 5.73 Å². The summed E-state index contributed by atoms with van der Waals surface area (Å²) in [4.78, 5) is 1.68. The highest BCUT2D eigenvalue weighted by Crippen LogP contribution is 2.27. The van der Waals surface area contributed by atoms with Crippen LogP contribution in [-0.4, -0.2) is 5.96 Å². The van der Waals surface area contributed by atoms with E-state index >= 15 is 0 Å². The summed E-state index contributed by atoms with van der Waals surface area (Å²) in [5.74, 6) is -0.0142. The zero-order valence-corrected chi connectivity index (χ0v) is 12.6. The molecule has 0 amide bonds. The molecule has 0 bridgehead atoms. The molecule has 0 spiro atoms. The number of benzene rings is 2. The highest BCUT2D eigenvalue weighted by Gasteiger charge is 2.11. The molecule has 0 aliphatic carbocycles. The molecule has 0 aliphatic rings. The molecule has 3 nitrogen and oxygen atoms in total. The van der Waals surface area contributed by atoms with Crippen LogP contribution < -0.4 is 10.6 Å². The van der Waals surface area contributed by atoms with E-state index in [0.29, 0.717) is 0 Å². The molecule has 5 heteroatoms. The monoisotopic (exact) mass is 367 g/mol. The molecule has 18 heavy (non-hydrogen) atoms. The Morgan fingerprint density at radius 1 is 0.833 bits per heavy atom. The Morgan fingerprint density at radius 2 is 1.17 bits per heavy atom. The molecule has 0 aromatic heterocycles. The second-order valence-corrected chi connectivity index (χ2v) is 5.50. The van der Waals surface area contributed by atoms with Crippen LogP contribution in [0.3, 0.4) is 0 Å². The lowest BCUT2D eigenvalue weighted by Crippen LogP contribution is -2.32. The van der Waals surface area contributed by atoms with Crippen molar-refractivity contribution < 1.29 is 0 Å². The van der Waals surface area contributed by atoms with Crippen LogP contribution in [0, 0.1) is 5.41 Å². The second kappa shape index (κ2) is 5.54. The summed E-state index contributed by atoms with van der Waals surface area (Å²) in [7, 11) is 0. The first-order valence-electron chi connectivity index (χ1n) is 5.23. The number of nitrogens with two attached hydrogens (primary N) is 1. The summed E-state index contributed by atoms with van der Waals surface area (Å²) in [5.41, 5.74) is 7.37. The van der Waals surface area contributed by atoms with Gasteiger partial charge in [-0.15, -0.1) is 0 Å². The Bertz CT molecular complexity index is 504. The predicted molar refractivity (Wildman–Crippen MR) is 82.3 cm³/mol. The molecule has 92 valence electrons. The molecule has 2 rings (SSSR count). The van der Waals surface area contributed by atoms with E-state index in [1.54, 1.807) is 4.90 Å². The Morgan fingerprint density at radius 3 is 1.44 bits per heavy atom. The Balaban J connectivity index is 2.43. The molecule has 0 atom stereocenters. The largest absolute Gasteiger partial charge is 0.369 e. The maximum Gasteiger partial charge on any atom is 0.197 e. The van der Waals surface area contributed by atoms with Gasteiger partial charge in [-0.3, -0.25) is 10.3 Å². The van der Waals surface area contributed by atoms with Gasteiger partial charge in [-0.05, 0) is 48.5 Å². The van der Waals surface area contributed by atoms with Crippen molar-refractivity contribution in [3.8, 4) is 0 Å². The standard InChI is InChI=1S/C13H11Br2N3/c14-9-1-5-11(6-2-9)18(13(16)17)12-7-3-10(15)4-8-12/h1-8H,(H3,16,17). The minimum Gasteiger partial charge on any atom is -0.369 e. The van der Waals surface area contributed by atoms with E-state index < -0.39 is 0 Å². The number of hydrogen-bond donors (Lipinski definition) is 2. The van der Waals surface area contributed by atoms with E-state index in [9.17, 15) is 0 Å². The van der Waals surface area contributed by atoms with E-state index in [2.05, 4.69) is 31.9 Å². The van der Waals surface area contributed by atoms with Gasteiger partial charge in [0.05, 0.1) is 0 Å². The summed E-state index contributed by atoms with van der Waals surface area (Å²) in [5, 5.41) is 7.71. The van der Waals surface area contributed by atoms with Crippen molar-refractivity contribution in [1.29, 1.82) is 5.41 Å². The van der Waals surface area contributed by atoms with Gasteiger partial charge >= 0.3 is 0 Å². The van der Waals surface area contributed by atoms with Crippen molar-refractivity contribution in [2.75, 3.05) is 4.90 Å². The minimum absolute atomic E-state index is 0.0142. The van der Waals surface area contributed by atoms with E-state index in [0.717, 1.165) is 20.3 Å². The van der Waals surface area contributed by atoms with Gasteiger partial charge in [0.15, 0.2) is 5.96 Å². The van der Waals surface area contributed by atoms with Crippen molar-refractivity contribution in [3.63, 3.8) is 0 Å². The fourth-order valence-corrected chi connectivity index (χ4v) is 2.14. The van der Waals surface area contributed by atoms with Crippen LogP contribution in [0.25, 0.3) is 0 Å². The molecule has 0 saturated heterocycles. The van der Waals surface area contributed by atoms with Crippen LogP contribution >= 0.6 is 31.9 Å². The Hall–Kier alpha value is -1.33. The van der Waals surface area contributed by atoms with Crippen molar-refractivity contribution in [2.45, 2.75) is 0 Å². The first-order chi connectivity index (χ1) is 8.58. The molecule has 3 N–H and O–H groups in total. The highest BCUT2D eigenvalue weighted by atomic mass is 79.9. The van der Waals surface area contributed by atoms with Crippen molar-refractivity contribution in [1.82, 2.24) is 0 Å². The van der Waals surface area contributed by atoms with E-state index in [1.165, 1.54) is 0 Å². The Kier molecular flexibility index (Phi) is 4.04. The normalized spacial score (nSPS) is 10.1. The number of rotatable bonds is 2. The van der Waals surface area contributed by atoms with Gasteiger partial charge in [0.1, 0.15) is 0 Å². The van der Waals surface area contributed by atoms with Crippen LogP contribution in [0.15, 0.2) is 57.5 Å². The maximum absolute atomic E-state index is 7.71. The Labute approximate surface area is 122 Å². The van der Waals surface area contributed by atoms with Crippen LogP contribution in [-0.2, 0) is 0 Å². The summed E-state index contributed by atoms with van der Waals surface area (Å²) >= 11 is 6.78. The summed E-state index contributed by atoms with van der Waals surface area (Å²) in [6, 6.07) is 15.3. The van der Waals surface area contributed by atoms with Crippen molar-refractivity contribution in [3.05, 3.63) is 57.5 Å². The fourth-order valence-electron chi connectivity index (χ4n) is 1.61. The van der Waals surface area contributed by atoms with Gasteiger partial charge in [-0.2, -0.15) is 0 Å². The molecule has 0 heterocycles. The molecule has 2 aromatic carbocycles. The number of halogens is 2. The minimum atomic E-state index is -0.0142. The molecule has 0 saturated carbocycles. The third-order valence-corrected chi connectivity index (χ3v) is 3.47. The topological polar surface area (TPSA) is 53.1 Å². The van der Waals surface area contributed by atoms with Crippen LogP contribution in [0.5, 0.6) is 0 Å². The number of nitrogens with zero attached hydrogens (tertiary/aromatic N) is 1. The first kappa shape index (κ1) is 13.1. The SMILES string of the molecule is N=C(N)N(c1ccc(Br)cc1)c1ccc(Br)cc1. The van der Waals surface area contributed by atoms with Crippen molar-refractivity contribution in [2.24, 2.45) is 5.73 Å². The number of guanidine groups is 1. The number of anilines is 2. The zero-order chi connectivity index (χ0) is 13.1. The molecule has 0 aliphatic heterocycles. The van der Waals surface area contributed by atoms with Gasteiger partial charge in [0.2, 0.25) is 0 Å². The fraction of sp³-hybridized carbons (Fsp3) is 0. The molecular formula is C13H11Br2N3. The number of nitrogens with one attached hydrogen (secondary N) is 1. The van der Waals surface area contributed by atoms with Gasteiger partial charge in [0.25, 0.3) is 0 Å². The first-order valence-corrected chi connectivity index (χ1v) is 6.82.